The van der Waals surface area contributed by atoms with E-state index < -0.39 is 0 Å². The average Bonchev–Trinajstić information content (AvgIpc) is 2.74. The molecule has 16 heavy (non-hydrogen) atoms. The molecule has 1 N–H and O–H groups in total. The normalized spacial score (nSPS) is 33.2. The number of rotatable bonds is 1. The fourth-order valence-corrected chi connectivity index (χ4v) is 3.46. The van der Waals surface area contributed by atoms with Crippen LogP contribution in [0.2, 0.25) is 0 Å². The van der Waals surface area contributed by atoms with Gasteiger partial charge in [-0.2, -0.15) is 0 Å². The molecular formula is C13H15N3. The molecule has 2 aliphatic rings. The minimum absolute atomic E-state index is 0.441. The number of fused-ring (bicyclic) bond motifs is 2. The number of likely N-dealkylation sites (N-methyl/N-ethyl adjacent to an activating group) is 1. The minimum atomic E-state index is 0.441. The molecule has 1 saturated carbocycles. The van der Waals surface area contributed by atoms with Gasteiger partial charge in [0.15, 0.2) is 0 Å². The molecule has 3 heteroatoms. The van der Waals surface area contributed by atoms with Crippen LogP contribution in [0.3, 0.4) is 0 Å². The molecule has 2 aromatic heterocycles. The topological polar surface area (TPSA) is 31.9 Å². The van der Waals surface area contributed by atoms with Gasteiger partial charge in [-0.1, -0.05) is 0 Å². The monoisotopic (exact) mass is 213 g/mol. The second kappa shape index (κ2) is 2.66. The molecule has 3 heterocycles. The lowest BCUT2D eigenvalue weighted by Crippen LogP contribution is -2.17. The Morgan fingerprint density at radius 3 is 3.25 bits per heavy atom. The van der Waals surface area contributed by atoms with E-state index in [0.29, 0.717) is 5.41 Å². The van der Waals surface area contributed by atoms with Crippen molar-refractivity contribution in [2.75, 3.05) is 13.6 Å². The van der Waals surface area contributed by atoms with Crippen molar-refractivity contribution >= 4 is 11.0 Å². The van der Waals surface area contributed by atoms with Crippen molar-refractivity contribution in [3.8, 4) is 0 Å². The average molecular weight is 213 g/mol. The first-order valence-electron chi connectivity index (χ1n) is 5.94. The third-order valence-electron chi connectivity index (χ3n) is 4.47. The summed E-state index contributed by atoms with van der Waals surface area (Å²) in [7, 11) is 2.24. The van der Waals surface area contributed by atoms with E-state index in [-0.39, 0.29) is 0 Å². The molecule has 3 nitrogen and oxygen atoms in total. The van der Waals surface area contributed by atoms with Crippen LogP contribution >= 0.6 is 0 Å². The van der Waals surface area contributed by atoms with Crippen LogP contribution in [0.5, 0.6) is 0 Å². The van der Waals surface area contributed by atoms with E-state index >= 15 is 0 Å². The molecular weight excluding hydrogens is 198 g/mol. The molecule has 1 aliphatic carbocycles. The number of nitrogens with one attached hydrogen (secondary N) is 1. The van der Waals surface area contributed by atoms with E-state index in [1.54, 1.807) is 0 Å². The number of hydrogen-bond donors (Lipinski definition) is 1. The van der Waals surface area contributed by atoms with Crippen LogP contribution in [0.4, 0.5) is 0 Å². The molecule has 82 valence electrons. The second-order valence-electron chi connectivity index (χ2n) is 5.21. The molecule has 0 bridgehead atoms. The molecule has 1 aliphatic heterocycles. The number of likely N-dealkylation sites (tertiary alicyclic amines) is 1. The number of hydrogen-bond acceptors (Lipinski definition) is 2. The minimum Gasteiger partial charge on any atom is -0.346 e. The van der Waals surface area contributed by atoms with Crippen molar-refractivity contribution in [3.05, 3.63) is 30.1 Å². The predicted molar refractivity (Wildman–Crippen MR) is 63.4 cm³/mol. The molecule has 2 fully saturated rings. The number of piperidine rings is 1. The van der Waals surface area contributed by atoms with Gasteiger partial charge in [-0.05, 0) is 44.1 Å². The fourth-order valence-electron chi connectivity index (χ4n) is 3.46. The summed E-state index contributed by atoms with van der Waals surface area (Å²) in [5.74, 6) is 0. The van der Waals surface area contributed by atoms with Crippen molar-refractivity contribution in [2.24, 2.45) is 0 Å². The lowest BCUT2D eigenvalue weighted by Gasteiger charge is -2.08. The summed E-state index contributed by atoms with van der Waals surface area (Å²) in [6.45, 7) is 1.23. The Bertz CT molecular complexity index is 559. The van der Waals surface area contributed by atoms with Gasteiger partial charge in [0.2, 0.25) is 0 Å². The fraction of sp³-hybridized carbons (Fsp3) is 0.462. The van der Waals surface area contributed by atoms with E-state index in [9.17, 15) is 0 Å². The maximum atomic E-state index is 4.37. The summed E-state index contributed by atoms with van der Waals surface area (Å²) < 4.78 is 0. The van der Waals surface area contributed by atoms with Crippen LogP contribution in [0.15, 0.2) is 24.5 Å². The SMILES string of the molecule is CN1CCC2(c3c[nH]c4ncccc34)CC12. The van der Waals surface area contributed by atoms with Crippen LogP contribution in [-0.2, 0) is 5.41 Å². The zero-order chi connectivity index (χ0) is 10.8. The van der Waals surface area contributed by atoms with E-state index in [4.69, 9.17) is 0 Å². The zero-order valence-electron chi connectivity index (χ0n) is 9.40. The highest BCUT2D eigenvalue weighted by atomic mass is 15.2. The van der Waals surface area contributed by atoms with Crippen LogP contribution in [0.1, 0.15) is 18.4 Å². The van der Waals surface area contributed by atoms with Gasteiger partial charge in [-0.25, -0.2) is 4.98 Å². The quantitative estimate of drug-likeness (QED) is 0.784. The first-order chi connectivity index (χ1) is 7.81. The second-order valence-corrected chi connectivity index (χ2v) is 5.21. The van der Waals surface area contributed by atoms with Gasteiger partial charge < -0.3 is 9.88 Å². The first-order valence-corrected chi connectivity index (χ1v) is 5.94. The maximum Gasteiger partial charge on any atom is 0.137 e. The summed E-state index contributed by atoms with van der Waals surface area (Å²) in [5, 5.41) is 1.32. The van der Waals surface area contributed by atoms with Crippen molar-refractivity contribution in [1.82, 2.24) is 14.9 Å². The molecule has 4 rings (SSSR count). The Morgan fingerprint density at radius 1 is 1.56 bits per heavy atom. The van der Waals surface area contributed by atoms with Crippen LogP contribution in [-0.4, -0.2) is 34.5 Å². The smallest absolute Gasteiger partial charge is 0.137 e. The molecule has 0 amide bonds. The highest BCUT2D eigenvalue weighted by molar-refractivity contribution is 5.82. The lowest BCUT2D eigenvalue weighted by atomic mass is 9.93. The van der Waals surface area contributed by atoms with Gasteiger partial charge in [0.05, 0.1) is 0 Å². The van der Waals surface area contributed by atoms with Gasteiger partial charge in [0, 0.05) is 29.2 Å². The largest absolute Gasteiger partial charge is 0.346 e. The first kappa shape index (κ1) is 8.76. The third kappa shape index (κ3) is 0.901. The Kier molecular flexibility index (Phi) is 1.46. The number of H-pyrrole nitrogens is 1. The zero-order valence-corrected chi connectivity index (χ0v) is 9.40. The van der Waals surface area contributed by atoms with Gasteiger partial charge in [-0.3, -0.25) is 0 Å². The molecule has 2 aromatic rings. The Labute approximate surface area is 94.5 Å². The van der Waals surface area contributed by atoms with Gasteiger partial charge >= 0.3 is 0 Å². The van der Waals surface area contributed by atoms with Crippen molar-refractivity contribution in [1.29, 1.82) is 0 Å². The summed E-state index contributed by atoms with van der Waals surface area (Å²) in [6.07, 6.45) is 6.66. The molecule has 0 spiro atoms. The summed E-state index contributed by atoms with van der Waals surface area (Å²) in [5.41, 5.74) is 2.97. The molecule has 2 unspecified atom stereocenters. The summed E-state index contributed by atoms with van der Waals surface area (Å²) in [4.78, 5) is 10.2. The molecule has 1 saturated heterocycles. The summed E-state index contributed by atoms with van der Waals surface area (Å²) >= 11 is 0. The predicted octanol–water partition coefficient (Wildman–Crippen LogP) is 1.91. The lowest BCUT2D eigenvalue weighted by molar-refractivity contribution is 0.369. The Morgan fingerprint density at radius 2 is 2.50 bits per heavy atom. The molecule has 2 atom stereocenters. The maximum absolute atomic E-state index is 4.37. The number of aromatic amines is 1. The highest BCUT2D eigenvalue weighted by Gasteiger charge is 2.61. The van der Waals surface area contributed by atoms with Crippen molar-refractivity contribution < 1.29 is 0 Å². The van der Waals surface area contributed by atoms with Gasteiger partial charge in [0.1, 0.15) is 5.65 Å². The van der Waals surface area contributed by atoms with Crippen molar-refractivity contribution in [2.45, 2.75) is 24.3 Å². The Hall–Kier alpha value is -1.35. The number of aromatic nitrogens is 2. The number of nitrogens with zero attached hydrogens (tertiary/aromatic N) is 2. The highest BCUT2D eigenvalue weighted by Crippen LogP contribution is 2.59. The standard InChI is InChI=1S/C13H15N3/c1-16-6-4-13(7-11(13)16)10-8-15-12-9(10)3-2-5-14-12/h2-3,5,8,11H,4,6-7H2,1H3,(H,14,15). The number of pyridine rings is 1. The van der Waals surface area contributed by atoms with E-state index in [2.05, 4.69) is 34.2 Å². The van der Waals surface area contributed by atoms with Gasteiger partial charge in [0.25, 0.3) is 0 Å². The van der Waals surface area contributed by atoms with Crippen LogP contribution < -0.4 is 0 Å². The van der Waals surface area contributed by atoms with Crippen LogP contribution in [0.25, 0.3) is 11.0 Å². The Balaban J connectivity index is 1.89. The van der Waals surface area contributed by atoms with Crippen molar-refractivity contribution in [3.63, 3.8) is 0 Å². The van der Waals surface area contributed by atoms with E-state index in [1.807, 2.05) is 12.3 Å². The van der Waals surface area contributed by atoms with Gasteiger partial charge in [-0.15, -0.1) is 0 Å². The summed E-state index contributed by atoms with van der Waals surface area (Å²) in [6, 6.07) is 5.00. The van der Waals surface area contributed by atoms with E-state index in [1.165, 1.54) is 30.3 Å². The third-order valence-corrected chi connectivity index (χ3v) is 4.47. The molecule has 0 aromatic carbocycles. The van der Waals surface area contributed by atoms with Crippen LogP contribution in [0, 0.1) is 0 Å². The van der Waals surface area contributed by atoms with E-state index in [0.717, 1.165) is 11.7 Å². The molecule has 0 radical (unpaired) electrons.